The van der Waals surface area contributed by atoms with E-state index < -0.39 is 32.8 Å². The molecule has 0 saturated heterocycles. The molecule has 1 amide bonds. The number of nitrogens with one attached hydrogen (secondary N) is 1. The Kier molecular flexibility index (Phi) is 4.02. The van der Waals surface area contributed by atoms with Crippen LogP contribution < -0.4 is 11.2 Å². The minimum Gasteiger partial charge on any atom is -0.369 e. The molecule has 0 aliphatic heterocycles. The largest absolute Gasteiger partial charge is 0.369 e. The summed E-state index contributed by atoms with van der Waals surface area (Å²) >= 11 is 0. The van der Waals surface area contributed by atoms with Gasteiger partial charge in [-0.3, -0.25) is 9.59 Å². The van der Waals surface area contributed by atoms with Gasteiger partial charge in [-0.1, -0.05) is 6.92 Å². The predicted molar refractivity (Wildman–Crippen MR) is 60.7 cm³/mol. The highest BCUT2D eigenvalue weighted by Gasteiger charge is 2.26. The number of amides is 1. The number of carbonyl (C=O) groups is 1. The number of hydrogen-bond donors (Lipinski definition) is 2. The first kappa shape index (κ1) is 13.4. The molecule has 1 rings (SSSR count). The first-order valence-electron chi connectivity index (χ1n) is 4.85. The molecule has 1 aromatic rings. The summed E-state index contributed by atoms with van der Waals surface area (Å²) in [6, 6.07) is 1.10. The van der Waals surface area contributed by atoms with Gasteiger partial charge in [0.15, 0.2) is 0 Å². The molecule has 0 aromatic carbocycles. The summed E-state index contributed by atoms with van der Waals surface area (Å²) in [7, 11) is -3.99. The predicted octanol–water partition coefficient (Wildman–Crippen LogP) is -1.13. The van der Waals surface area contributed by atoms with E-state index in [9.17, 15) is 18.0 Å². The van der Waals surface area contributed by atoms with Gasteiger partial charge in [-0.15, -0.1) is 0 Å². The van der Waals surface area contributed by atoms with Crippen molar-refractivity contribution >= 4 is 15.9 Å². The van der Waals surface area contributed by atoms with Crippen molar-refractivity contribution in [3.8, 4) is 0 Å². The van der Waals surface area contributed by atoms with E-state index in [1.807, 2.05) is 0 Å². The lowest BCUT2D eigenvalue weighted by molar-refractivity contribution is -0.118. The molecule has 0 saturated carbocycles. The molecule has 0 atom stereocenters. The van der Waals surface area contributed by atoms with E-state index in [0.29, 0.717) is 0 Å². The Morgan fingerprint density at radius 1 is 1.53 bits per heavy atom. The molecular weight excluding hydrogens is 246 g/mol. The van der Waals surface area contributed by atoms with E-state index in [-0.39, 0.29) is 6.54 Å². The normalized spacial score (nSPS) is 11.6. The van der Waals surface area contributed by atoms with Crippen molar-refractivity contribution < 1.29 is 13.2 Å². The fourth-order valence-electron chi connectivity index (χ4n) is 1.28. The maximum Gasteiger partial charge on any atom is 0.248 e. The highest BCUT2D eigenvalue weighted by molar-refractivity contribution is 7.89. The lowest BCUT2D eigenvalue weighted by Crippen LogP contribution is -2.39. The third-order valence-corrected chi connectivity index (χ3v) is 4.03. The molecule has 0 radical (unpaired) electrons. The minimum absolute atomic E-state index is 0.0552. The van der Waals surface area contributed by atoms with Crippen molar-refractivity contribution in [2.45, 2.75) is 11.8 Å². The number of rotatable bonds is 5. The summed E-state index contributed by atoms with van der Waals surface area (Å²) in [5, 5.41) is 0. The molecule has 0 unspecified atom stereocenters. The Labute approximate surface area is 98.3 Å². The Morgan fingerprint density at radius 2 is 2.18 bits per heavy atom. The first-order valence-corrected chi connectivity index (χ1v) is 6.29. The van der Waals surface area contributed by atoms with Gasteiger partial charge in [0.2, 0.25) is 21.4 Å². The zero-order valence-electron chi connectivity index (χ0n) is 9.21. The third kappa shape index (κ3) is 2.92. The number of sulfonamides is 1. The number of pyridine rings is 1. The highest BCUT2D eigenvalue weighted by atomic mass is 32.2. The second-order valence-electron chi connectivity index (χ2n) is 3.27. The van der Waals surface area contributed by atoms with Crippen molar-refractivity contribution in [3.63, 3.8) is 0 Å². The van der Waals surface area contributed by atoms with Crippen LogP contribution >= 0.6 is 0 Å². The van der Waals surface area contributed by atoms with Crippen LogP contribution in [0.4, 0.5) is 0 Å². The second-order valence-corrected chi connectivity index (χ2v) is 5.18. The zero-order valence-corrected chi connectivity index (χ0v) is 10.0. The number of nitrogens with two attached hydrogens (primary N) is 1. The average Bonchev–Trinajstić information content (AvgIpc) is 2.25. The number of hydrogen-bond acceptors (Lipinski definition) is 4. The van der Waals surface area contributed by atoms with Crippen molar-refractivity contribution in [3.05, 3.63) is 28.7 Å². The standard InChI is InChI=1S/C9H13N3O4S/c1-2-12(6-9(10)14)17(15,16)8-5-11-4-3-7(8)13/h3-5H,2,6H2,1H3,(H2,10,14)(H,11,13). The monoisotopic (exact) mass is 259 g/mol. The van der Waals surface area contributed by atoms with E-state index in [1.165, 1.54) is 6.20 Å². The Hall–Kier alpha value is -1.67. The number of likely N-dealkylation sites (N-methyl/N-ethyl adjacent to an activating group) is 1. The van der Waals surface area contributed by atoms with Gasteiger partial charge in [0, 0.05) is 25.0 Å². The summed E-state index contributed by atoms with van der Waals surface area (Å²) in [4.78, 5) is 24.3. The summed E-state index contributed by atoms with van der Waals surface area (Å²) in [5.74, 6) is -0.775. The SMILES string of the molecule is CCN(CC(N)=O)S(=O)(=O)c1c[nH]ccc1=O. The molecule has 1 heterocycles. The Morgan fingerprint density at radius 3 is 2.65 bits per heavy atom. The van der Waals surface area contributed by atoms with Gasteiger partial charge in [-0.25, -0.2) is 8.42 Å². The maximum absolute atomic E-state index is 12.0. The van der Waals surface area contributed by atoms with Crippen LogP contribution in [-0.4, -0.2) is 36.7 Å². The number of nitrogens with zero attached hydrogens (tertiary/aromatic N) is 1. The lowest BCUT2D eigenvalue weighted by atomic mass is 10.5. The number of primary amides is 1. The lowest BCUT2D eigenvalue weighted by Gasteiger charge is -2.17. The number of aromatic amines is 1. The first-order chi connectivity index (χ1) is 7.89. The molecule has 17 heavy (non-hydrogen) atoms. The minimum atomic E-state index is -3.99. The van der Waals surface area contributed by atoms with Crippen LogP contribution in [0.25, 0.3) is 0 Å². The smallest absolute Gasteiger partial charge is 0.248 e. The van der Waals surface area contributed by atoms with Crippen molar-refractivity contribution in [2.75, 3.05) is 13.1 Å². The summed E-state index contributed by atoms with van der Waals surface area (Å²) < 4.78 is 24.9. The van der Waals surface area contributed by atoms with Gasteiger partial charge in [0.25, 0.3) is 0 Å². The molecule has 94 valence electrons. The van der Waals surface area contributed by atoms with Crippen molar-refractivity contribution in [1.82, 2.24) is 9.29 Å². The molecular formula is C9H13N3O4S. The van der Waals surface area contributed by atoms with Gasteiger partial charge < -0.3 is 10.7 Å². The summed E-state index contributed by atoms with van der Waals surface area (Å²) in [6.07, 6.45) is 2.41. The van der Waals surface area contributed by atoms with Crippen LogP contribution in [0.15, 0.2) is 28.2 Å². The molecule has 0 spiro atoms. The second kappa shape index (κ2) is 5.11. The average molecular weight is 259 g/mol. The molecule has 0 bridgehead atoms. The van der Waals surface area contributed by atoms with Crippen molar-refractivity contribution in [1.29, 1.82) is 0 Å². The van der Waals surface area contributed by atoms with Crippen LogP contribution in [0.2, 0.25) is 0 Å². The Bertz CT molecular complexity index is 564. The summed E-state index contributed by atoms with van der Waals surface area (Å²) in [6.45, 7) is 1.16. The zero-order chi connectivity index (χ0) is 13.1. The van der Waals surface area contributed by atoms with Crippen LogP contribution in [-0.2, 0) is 14.8 Å². The van der Waals surface area contributed by atoms with E-state index in [2.05, 4.69) is 4.98 Å². The van der Waals surface area contributed by atoms with Gasteiger partial charge in [-0.2, -0.15) is 4.31 Å². The van der Waals surface area contributed by atoms with Gasteiger partial charge in [0.05, 0.1) is 6.54 Å². The van der Waals surface area contributed by atoms with E-state index in [0.717, 1.165) is 16.6 Å². The number of aromatic nitrogens is 1. The molecule has 7 nitrogen and oxygen atoms in total. The van der Waals surface area contributed by atoms with Crippen LogP contribution in [0.3, 0.4) is 0 Å². The topological polar surface area (TPSA) is 113 Å². The van der Waals surface area contributed by atoms with E-state index in [1.54, 1.807) is 6.92 Å². The third-order valence-electron chi connectivity index (χ3n) is 2.09. The summed E-state index contributed by atoms with van der Waals surface area (Å²) in [5.41, 5.74) is 4.32. The van der Waals surface area contributed by atoms with E-state index >= 15 is 0 Å². The fraction of sp³-hybridized carbons (Fsp3) is 0.333. The van der Waals surface area contributed by atoms with Gasteiger partial charge in [0.1, 0.15) is 4.90 Å². The maximum atomic E-state index is 12.0. The quantitative estimate of drug-likeness (QED) is 0.696. The molecule has 0 aliphatic rings. The van der Waals surface area contributed by atoms with Crippen LogP contribution in [0.5, 0.6) is 0 Å². The van der Waals surface area contributed by atoms with E-state index in [4.69, 9.17) is 5.73 Å². The number of carbonyl (C=O) groups excluding carboxylic acids is 1. The molecule has 3 N–H and O–H groups in total. The van der Waals surface area contributed by atoms with Crippen LogP contribution in [0, 0.1) is 0 Å². The van der Waals surface area contributed by atoms with Gasteiger partial charge >= 0.3 is 0 Å². The highest BCUT2D eigenvalue weighted by Crippen LogP contribution is 2.09. The molecule has 0 aliphatic carbocycles. The van der Waals surface area contributed by atoms with Crippen molar-refractivity contribution in [2.24, 2.45) is 5.73 Å². The number of H-pyrrole nitrogens is 1. The Balaban J connectivity index is 3.23. The fourth-order valence-corrected chi connectivity index (χ4v) is 2.74. The van der Waals surface area contributed by atoms with Gasteiger partial charge in [-0.05, 0) is 0 Å². The molecule has 0 fully saturated rings. The van der Waals surface area contributed by atoms with Crippen LogP contribution in [0.1, 0.15) is 6.92 Å². The molecule has 1 aromatic heterocycles. The molecule has 8 heteroatoms.